The summed E-state index contributed by atoms with van der Waals surface area (Å²) in [6, 6.07) is 7.04. The Balaban J connectivity index is 1.26. The van der Waals surface area contributed by atoms with Crippen molar-refractivity contribution in [2.45, 2.75) is 76.5 Å². The van der Waals surface area contributed by atoms with Gasteiger partial charge in [-0.25, -0.2) is 22.9 Å². The molecule has 11 heteroatoms. The van der Waals surface area contributed by atoms with Crippen molar-refractivity contribution in [1.29, 1.82) is 0 Å². The smallest absolute Gasteiger partial charge is 0.225 e. The topological polar surface area (TPSA) is 142 Å². The van der Waals surface area contributed by atoms with Crippen LogP contribution in [0.5, 0.6) is 5.75 Å². The number of nitrogens with one attached hydrogen (secondary N) is 3. The maximum atomic E-state index is 14.6. The van der Waals surface area contributed by atoms with Crippen LogP contribution in [0.25, 0.3) is 0 Å². The van der Waals surface area contributed by atoms with Crippen LogP contribution in [0.3, 0.4) is 0 Å². The quantitative estimate of drug-likeness (QED) is 0.233. The summed E-state index contributed by atoms with van der Waals surface area (Å²) in [5, 5.41) is 24.9. The van der Waals surface area contributed by atoms with Crippen LogP contribution >= 0.6 is 0 Å². The molecule has 222 valence electrons. The number of aromatic hydroxyl groups is 1. The fourth-order valence-electron chi connectivity index (χ4n) is 6.49. The molecule has 9 nitrogen and oxygen atoms in total. The molecule has 1 aromatic carbocycles. The number of aromatic nitrogens is 2. The third-order valence-corrected chi connectivity index (χ3v) is 9.95. The number of benzene rings is 1. The highest BCUT2D eigenvalue weighted by atomic mass is 32.2. The molecule has 0 radical (unpaired) electrons. The monoisotopic (exact) mass is 576 g/mol. The van der Waals surface area contributed by atoms with Gasteiger partial charge in [-0.05, 0) is 87.8 Å². The van der Waals surface area contributed by atoms with Gasteiger partial charge in [0.25, 0.3) is 0 Å². The summed E-state index contributed by atoms with van der Waals surface area (Å²) in [7, 11) is -3.42. The maximum Gasteiger partial charge on any atom is 0.225 e. The molecule has 3 atom stereocenters. The van der Waals surface area contributed by atoms with Crippen molar-refractivity contribution in [3.8, 4) is 5.75 Å². The van der Waals surface area contributed by atoms with Crippen LogP contribution in [-0.2, 0) is 16.6 Å². The van der Waals surface area contributed by atoms with Crippen LogP contribution in [0.4, 0.5) is 16.2 Å². The summed E-state index contributed by atoms with van der Waals surface area (Å²) in [6.07, 6.45) is 10.1. The van der Waals surface area contributed by atoms with Gasteiger partial charge in [0.15, 0.2) is 11.6 Å². The first-order valence-corrected chi connectivity index (χ1v) is 16.3. The van der Waals surface area contributed by atoms with Crippen molar-refractivity contribution in [1.82, 2.24) is 15.3 Å². The highest BCUT2D eigenvalue weighted by Gasteiger charge is 2.30. The molecule has 6 N–H and O–H groups in total. The van der Waals surface area contributed by atoms with Crippen LogP contribution in [0, 0.1) is 29.5 Å². The van der Waals surface area contributed by atoms with Gasteiger partial charge in [0.2, 0.25) is 16.0 Å². The van der Waals surface area contributed by atoms with Gasteiger partial charge in [-0.2, -0.15) is 4.98 Å². The molecule has 0 amide bonds. The molecule has 2 aromatic rings. The van der Waals surface area contributed by atoms with Gasteiger partial charge in [0, 0.05) is 18.7 Å². The van der Waals surface area contributed by atoms with E-state index < -0.39 is 15.8 Å². The Morgan fingerprint density at radius 1 is 0.975 bits per heavy atom. The third kappa shape index (κ3) is 9.01. The van der Waals surface area contributed by atoms with E-state index in [4.69, 9.17) is 5.14 Å². The molecular formula is C29H45FN6O3S. The first kappa shape index (κ1) is 30.5. The first-order valence-electron chi connectivity index (χ1n) is 14.7. The predicted octanol–water partition coefficient (Wildman–Crippen LogP) is 4.61. The van der Waals surface area contributed by atoms with Gasteiger partial charge >= 0.3 is 0 Å². The zero-order valence-electron chi connectivity index (χ0n) is 23.5. The number of anilines is 2. The van der Waals surface area contributed by atoms with E-state index in [1.165, 1.54) is 19.0 Å². The van der Waals surface area contributed by atoms with Crippen molar-refractivity contribution in [2.24, 2.45) is 28.8 Å². The Hall–Kier alpha value is -2.50. The lowest BCUT2D eigenvalue weighted by Crippen LogP contribution is -2.37. The highest BCUT2D eigenvalue weighted by molar-refractivity contribution is 7.89. The fourth-order valence-corrected chi connectivity index (χ4v) is 7.42. The number of rotatable bonds is 13. The largest absolute Gasteiger partial charge is 0.508 e. The lowest BCUT2D eigenvalue weighted by molar-refractivity contribution is 0.186. The number of hydrogen-bond donors (Lipinski definition) is 5. The summed E-state index contributed by atoms with van der Waals surface area (Å²) in [6.45, 7) is 5.08. The van der Waals surface area contributed by atoms with Crippen LogP contribution in [0.2, 0.25) is 0 Å². The predicted molar refractivity (Wildman–Crippen MR) is 157 cm³/mol. The number of hydrogen-bond acceptors (Lipinski definition) is 8. The number of primary sulfonamides is 1. The van der Waals surface area contributed by atoms with Crippen molar-refractivity contribution in [3.63, 3.8) is 0 Å². The molecule has 1 heterocycles. The zero-order valence-corrected chi connectivity index (χ0v) is 24.3. The van der Waals surface area contributed by atoms with Gasteiger partial charge in [-0.15, -0.1) is 0 Å². The molecule has 0 bridgehead atoms. The number of halogens is 1. The van der Waals surface area contributed by atoms with Gasteiger partial charge < -0.3 is 21.1 Å². The average molecular weight is 577 g/mol. The van der Waals surface area contributed by atoms with E-state index in [2.05, 4.69) is 32.8 Å². The molecule has 1 unspecified atom stereocenters. The number of para-hydroxylation sites is 1. The lowest BCUT2D eigenvalue weighted by Gasteiger charge is -2.36. The van der Waals surface area contributed by atoms with Gasteiger partial charge in [-0.1, -0.05) is 38.0 Å². The average Bonchev–Trinajstić information content (AvgIpc) is 2.92. The molecule has 1 aromatic heterocycles. The van der Waals surface area contributed by atoms with Crippen LogP contribution < -0.4 is 21.1 Å². The second-order valence-corrected chi connectivity index (χ2v) is 13.6. The molecule has 40 heavy (non-hydrogen) atoms. The number of phenolic OH excluding ortho intramolecular Hbond substituents is 1. The number of nitrogens with two attached hydrogens (primary N) is 1. The van der Waals surface area contributed by atoms with Crippen molar-refractivity contribution >= 4 is 21.8 Å². The SMILES string of the molecule is CCCC1C[C@@H](CNCC2CCC(S(N)(=O)=O)CC2)C[C@H](CNc2nc(NCc3ccccc3O)ncc2F)C1. The summed E-state index contributed by atoms with van der Waals surface area (Å²) in [5.74, 6) is 2.35. The minimum Gasteiger partial charge on any atom is -0.508 e. The molecule has 2 saturated carbocycles. The molecule has 0 saturated heterocycles. The third-order valence-electron chi connectivity index (χ3n) is 8.55. The van der Waals surface area contributed by atoms with Crippen LogP contribution in [0.15, 0.2) is 30.5 Å². The standard InChI is InChI=1S/C29H45FN6O3S/c1-2-5-21-12-22(16-32-15-20-8-10-25(11-9-20)40(31,38)39)14-23(13-21)17-33-28-26(30)19-35-29(36-28)34-18-24-6-3-4-7-27(24)37/h3-4,6-7,19-23,25,32,37H,2,5,8-18H2,1H3,(H2,31,38,39)(H2,33,34,35,36)/t20?,21?,22-,23-,25?/m1/s1. The zero-order chi connectivity index (χ0) is 28.5. The minimum absolute atomic E-state index is 0.188. The molecule has 0 aliphatic heterocycles. The lowest BCUT2D eigenvalue weighted by atomic mass is 9.73. The Labute approximate surface area is 238 Å². The summed E-state index contributed by atoms with van der Waals surface area (Å²) < 4.78 is 37.8. The normalized spacial score (nSPS) is 25.4. The Morgan fingerprint density at radius 2 is 1.65 bits per heavy atom. The van der Waals surface area contributed by atoms with Crippen LogP contribution in [-0.4, -0.2) is 48.4 Å². The maximum absolute atomic E-state index is 14.6. The van der Waals surface area contributed by atoms with Crippen molar-refractivity contribution in [3.05, 3.63) is 41.8 Å². The summed E-state index contributed by atoms with van der Waals surface area (Å²) >= 11 is 0. The van der Waals surface area contributed by atoms with E-state index >= 15 is 0 Å². The van der Waals surface area contributed by atoms with Gasteiger partial charge in [0.05, 0.1) is 11.4 Å². The Kier molecular flexibility index (Phi) is 11.0. The van der Waals surface area contributed by atoms with Gasteiger partial charge in [0.1, 0.15) is 5.75 Å². The first-order chi connectivity index (χ1) is 19.2. The number of nitrogens with zero attached hydrogens (tertiary/aromatic N) is 2. The molecule has 2 fully saturated rings. The Morgan fingerprint density at radius 3 is 2.35 bits per heavy atom. The van der Waals surface area contributed by atoms with Gasteiger partial charge in [-0.3, -0.25) is 0 Å². The second kappa shape index (κ2) is 14.4. The molecule has 2 aliphatic rings. The van der Waals surface area contributed by atoms with E-state index in [9.17, 15) is 17.9 Å². The number of phenols is 1. The van der Waals surface area contributed by atoms with E-state index in [0.29, 0.717) is 61.1 Å². The molecular weight excluding hydrogens is 531 g/mol. The number of sulfonamides is 1. The molecule has 0 spiro atoms. The fraction of sp³-hybridized carbons (Fsp3) is 0.655. The van der Waals surface area contributed by atoms with Crippen molar-refractivity contribution < 1.29 is 17.9 Å². The van der Waals surface area contributed by atoms with E-state index in [-0.39, 0.29) is 16.8 Å². The van der Waals surface area contributed by atoms with E-state index in [1.54, 1.807) is 12.1 Å². The second-order valence-electron chi connectivity index (χ2n) is 11.7. The Bertz CT molecular complexity index is 1190. The molecule has 4 rings (SSSR count). The highest BCUT2D eigenvalue weighted by Crippen LogP contribution is 2.36. The van der Waals surface area contributed by atoms with E-state index in [1.807, 2.05) is 12.1 Å². The molecule has 2 aliphatic carbocycles. The van der Waals surface area contributed by atoms with E-state index in [0.717, 1.165) is 45.2 Å². The van der Waals surface area contributed by atoms with Crippen molar-refractivity contribution in [2.75, 3.05) is 30.3 Å². The summed E-state index contributed by atoms with van der Waals surface area (Å²) in [5.41, 5.74) is 0.713. The van der Waals surface area contributed by atoms with Crippen LogP contribution in [0.1, 0.15) is 70.3 Å². The summed E-state index contributed by atoms with van der Waals surface area (Å²) in [4.78, 5) is 8.40. The minimum atomic E-state index is -3.42.